The second kappa shape index (κ2) is 6.08. The second-order valence-corrected chi connectivity index (χ2v) is 5.98. The van der Waals surface area contributed by atoms with E-state index >= 15 is 0 Å². The van der Waals surface area contributed by atoms with Gasteiger partial charge in [0.15, 0.2) is 11.5 Å². The Morgan fingerprint density at radius 3 is 2.52 bits per heavy atom. The lowest BCUT2D eigenvalue weighted by molar-refractivity contribution is 0.354. The number of methoxy groups -OCH3 is 2. The van der Waals surface area contributed by atoms with E-state index in [1.807, 2.05) is 29.8 Å². The Hall–Kier alpha value is -2.28. The van der Waals surface area contributed by atoms with E-state index in [-0.39, 0.29) is 5.56 Å². The molecular formula is C16H16BrN3O3. The summed E-state index contributed by atoms with van der Waals surface area (Å²) >= 11 is 3.55. The summed E-state index contributed by atoms with van der Waals surface area (Å²) in [7, 11) is 3.20. The van der Waals surface area contributed by atoms with Gasteiger partial charge < -0.3 is 14.0 Å². The number of hydrogen-bond donors (Lipinski definition) is 0. The van der Waals surface area contributed by atoms with E-state index < -0.39 is 0 Å². The van der Waals surface area contributed by atoms with Crippen molar-refractivity contribution in [2.24, 2.45) is 0 Å². The molecule has 0 unspecified atom stereocenters. The summed E-state index contributed by atoms with van der Waals surface area (Å²) in [5.74, 6) is 1.92. The molecule has 0 saturated carbocycles. The largest absolute Gasteiger partial charge is 0.493 e. The molecule has 1 aromatic carbocycles. The van der Waals surface area contributed by atoms with Crippen LogP contribution < -0.4 is 15.0 Å². The fourth-order valence-corrected chi connectivity index (χ4v) is 2.92. The van der Waals surface area contributed by atoms with Gasteiger partial charge in [-0.3, -0.25) is 9.20 Å². The van der Waals surface area contributed by atoms with Crippen LogP contribution in [0.1, 0.15) is 11.3 Å². The highest BCUT2D eigenvalue weighted by atomic mass is 79.9. The molecule has 0 atom stereocenters. The summed E-state index contributed by atoms with van der Waals surface area (Å²) in [6.45, 7) is 2.36. The minimum atomic E-state index is -0.0855. The van der Waals surface area contributed by atoms with Crippen LogP contribution in [0.25, 0.3) is 5.78 Å². The molecular weight excluding hydrogens is 362 g/mol. The van der Waals surface area contributed by atoms with Gasteiger partial charge in [0, 0.05) is 28.6 Å². The third-order valence-corrected chi connectivity index (χ3v) is 4.35. The Kier molecular flexibility index (Phi) is 4.12. The number of nitrogens with zero attached hydrogens (tertiary/aromatic N) is 3. The van der Waals surface area contributed by atoms with Crippen molar-refractivity contribution >= 4 is 21.7 Å². The Morgan fingerprint density at radius 1 is 1.13 bits per heavy atom. The number of rotatable bonds is 4. The number of aromatic nitrogens is 3. The second-order valence-electron chi connectivity index (χ2n) is 5.13. The molecule has 2 heterocycles. The van der Waals surface area contributed by atoms with Gasteiger partial charge >= 0.3 is 0 Å². The molecule has 0 aliphatic carbocycles. The molecule has 0 saturated heterocycles. The van der Waals surface area contributed by atoms with E-state index in [0.717, 1.165) is 10.0 Å². The van der Waals surface area contributed by atoms with Gasteiger partial charge in [-0.1, -0.05) is 15.9 Å². The SMILES string of the molecule is COc1cc(Br)c(Cn2ccn3c(=O)cc(C)nc23)cc1OC. The highest BCUT2D eigenvalue weighted by Crippen LogP contribution is 2.33. The number of ether oxygens (including phenoxy) is 2. The molecule has 0 aliphatic rings. The van der Waals surface area contributed by atoms with Crippen molar-refractivity contribution in [3.8, 4) is 11.5 Å². The summed E-state index contributed by atoms with van der Waals surface area (Å²) < 4.78 is 15.0. The third kappa shape index (κ3) is 2.84. The van der Waals surface area contributed by atoms with Crippen LogP contribution in [-0.2, 0) is 6.54 Å². The number of aryl methyl sites for hydroxylation is 1. The van der Waals surface area contributed by atoms with E-state index in [4.69, 9.17) is 9.47 Å². The van der Waals surface area contributed by atoms with Crippen LogP contribution in [0.4, 0.5) is 0 Å². The molecule has 23 heavy (non-hydrogen) atoms. The van der Waals surface area contributed by atoms with Crippen molar-refractivity contribution in [2.75, 3.05) is 14.2 Å². The van der Waals surface area contributed by atoms with Crippen molar-refractivity contribution < 1.29 is 9.47 Å². The van der Waals surface area contributed by atoms with Gasteiger partial charge in [-0.25, -0.2) is 4.98 Å². The first-order chi connectivity index (χ1) is 11.0. The van der Waals surface area contributed by atoms with Gasteiger partial charge in [-0.2, -0.15) is 0 Å². The highest BCUT2D eigenvalue weighted by Gasteiger charge is 2.12. The van der Waals surface area contributed by atoms with Crippen molar-refractivity contribution in [3.05, 3.63) is 56.7 Å². The molecule has 3 rings (SSSR count). The van der Waals surface area contributed by atoms with Crippen LogP contribution in [0.2, 0.25) is 0 Å². The average molecular weight is 378 g/mol. The first-order valence-electron chi connectivity index (χ1n) is 6.99. The first kappa shape index (κ1) is 15.6. The number of halogens is 1. The quantitative estimate of drug-likeness (QED) is 0.701. The molecule has 120 valence electrons. The van der Waals surface area contributed by atoms with Gasteiger partial charge in [0.1, 0.15) is 0 Å². The van der Waals surface area contributed by atoms with Gasteiger partial charge in [-0.15, -0.1) is 0 Å². The lowest BCUT2D eigenvalue weighted by Crippen LogP contribution is -2.14. The molecule has 0 N–H and O–H groups in total. The maximum atomic E-state index is 12.0. The van der Waals surface area contributed by atoms with Crippen molar-refractivity contribution in [1.82, 2.24) is 14.0 Å². The molecule has 2 aromatic heterocycles. The maximum Gasteiger partial charge on any atom is 0.259 e. The van der Waals surface area contributed by atoms with Crippen LogP contribution in [0.15, 0.2) is 39.9 Å². The summed E-state index contributed by atoms with van der Waals surface area (Å²) in [6, 6.07) is 5.29. The molecule has 0 spiro atoms. The molecule has 3 aromatic rings. The average Bonchev–Trinajstić information content (AvgIpc) is 2.92. The minimum Gasteiger partial charge on any atom is -0.493 e. The zero-order valence-electron chi connectivity index (χ0n) is 13.0. The van der Waals surface area contributed by atoms with Gasteiger partial charge in [0.25, 0.3) is 5.56 Å². The van der Waals surface area contributed by atoms with Crippen LogP contribution in [-0.4, -0.2) is 28.2 Å². The predicted octanol–water partition coefficient (Wildman–Crippen LogP) is 2.63. The van der Waals surface area contributed by atoms with E-state index in [1.54, 1.807) is 20.4 Å². The van der Waals surface area contributed by atoms with Gasteiger partial charge in [0.2, 0.25) is 5.78 Å². The van der Waals surface area contributed by atoms with E-state index in [2.05, 4.69) is 20.9 Å². The van der Waals surface area contributed by atoms with E-state index in [1.165, 1.54) is 10.5 Å². The molecule has 0 aliphatic heterocycles. The normalized spacial score (nSPS) is 11.0. The van der Waals surface area contributed by atoms with Crippen LogP contribution in [0.5, 0.6) is 11.5 Å². The first-order valence-corrected chi connectivity index (χ1v) is 7.78. The van der Waals surface area contributed by atoms with Crippen LogP contribution in [0, 0.1) is 6.92 Å². The highest BCUT2D eigenvalue weighted by molar-refractivity contribution is 9.10. The standard InChI is InChI=1S/C16H16BrN3O3/c1-10-6-15(21)20-5-4-19(16(20)18-10)9-11-7-13(22-2)14(23-3)8-12(11)17/h4-8H,9H2,1-3H3. The smallest absolute Gasteiger partial charge is 0.259 e. The summed E-state index contributed by atoms with van der Waals surface area (Å²) in [6.07, 6.45) is 3.56. The lowest BCUT2D eigenvalue weighted by Gasteiger charge is -2.12. The lowest BCUT2D eigenvalue weighted by atomic mass is 10.2. The number of fused-ring (bicyclic) bond motifs is 1. The van der Waals surface area contributed by atoms with Gasteiger partial charge in [0.05, 0.1) is 20.8 Å². The summed E-state index contributed by atoms with van der Waals surface area (Å²) in [5, 5.41) is 0. The summed E-state index contributed by atoms with van der Waals surface area (Å²) in [4.78, 5) is 16.4. The number of hydrogen-bond acceptors (Lipinski definition) is 4. The van der Waals surface area contributed by atoms with Crippen LogP contribution in [0.3, 0.4) is 0 Å². The van der Waals surface area contributed by atoms with Gasteiger partial charge in [-0.05, 0) is 24.6 Å². The Bertz CT molecular complexity index is 930. The fraction of sp³-hybridized carbons (Fsp3) is 0.250. The van der Waals surface area contributed by atoms with Crippen molar-refractivity contribution in [3.63, 3.8) is 0 Å². The molecule has 0 fully saturated rings. The maximum absolute atomic E-state index is 12.0. The van der Waals surface area contributed by atoms with Crippen LogP contribution >= 0.6 is 15.9 Å². The fourth-order valence-electron chi connectivity index (χ4n) is 2.47. The Labute approximate surface area is 141 Å². The summed E-state index contributed by atoms with van der Waals surface area (Å²) in [5.41, 5.74) is 1.61. The molecule has 0 radical (unpaired) electrons. The minimum absolute atomic E-state index is 0.0855. The van der Waals surface area contributed by atoms with Crippen molar-refractivity contribution in [2.45, 2.75) is 13.5 Å². The third-order valence-electron chi connectivity index (χ3n) is 3.61. The topological polar surface area (TPSA) is 57.8 Å². The molecule has 7 heteroatoms. The molecule has 6 nitrogen and oxygen atoms in total. The number of benzene rings is 1. The Morgan fingerprint density at radius 2 is 1.83 bits per heavy atom. The molecule has 0 amide bonds. The van der Waals surface area contributed by atoms with E-state index in [9.17, 15) is 4.79 Å². The van der Waals surface area contributed by atoms with Crippen molar-refractivity contribution in [1.29, 1.82) is 0 Å². The number of imidazole rings is 1. The Balaban J connectivity index is 2.07. The zero-order chi connectivity index (χ0) is 16.6. The van der Waals surface area contributed by atoms with E-state index in [0.29, 0.717) is 29.5 Å². The monoisotopic (exact) mass is 377 g/mol. The molecule has 0 bridgehead atoms. The predicted molar refractivity (Wildman–Crippen MR) is 90.5 cm³/mol. The zero-order valence-corrected chi connectivity index (χ0v) is 14.6.